The Labute approximate surface area is 222 Å². The van der Waals surface area contributed by atoms with Crippen molar-refractivity contribution in [3.05, 3.63) is 119 Å². The van der Waals surface area contributed by atoms with Crippen LogP contribution in [0, 0.1) is 29.6 Å². The van der Waals surface area contributed by atoms with Gasteiger partial charge in [-0.25, -0.2) is 0 Å². The topological polar surface area (TPSA) is 57.4 Å². The van der Waals surface area contributed by atoms with Gasteiger partial charge < -0.3 is 9.13 Å². The highest BCUT2D eigenvalue weighted by Gasteiger charge is 2.24. The van der Waals surface area contributed by atoms with E-state index in [0.29, 0.717) is 11.1 Å². The van der Waals surface area contributed by atoms with Gasteiger partial charge in [-0.2, -0.15) is 10.5 Å². The third-order valence-corrected chi connectivity index (χ3v) is 7.33. The van der Waals surface area contributed by atoms with Crippen LogP contribution in [0.15, 0.2) is 103 Å². The first-order valence-corrected chi connectivity index (χ1v) is 12.8. The van der Waals surface area contributed by atoms with Crippen molar-refractivity contribution in [3.8, 4) is 40.3 Å². The van der Waals surface area contributed by atoms with Crippen molar-refractivity contribution < 1.29 is 0 Å². The van der Waals surface area contributed by atoms with Crippen molar-refractivity contribution in [2.24, 2.45) is 0 Å². The number of hydrogen-bond acceptors (Lipinski definition) is 2. The van der Waals surface area contributed by atoms with E-state index in [9.17, 15) is 10.5 Å². The number of allylic oxidation sites excluding steroid dienone is 4. The lowest BCUT2D eigenvalue weighted by Gasteiger charge is -2.18. The van der Waals surface area contributed by atoms with Crippen LogP contribution in [0.25, 0.3) is 44.9 Å². The van der Waals surface area contributed by atoms with Crippen molar-refractivity contribution in [1.29, 1.82) is 10.5 Å². The molecule has 0 bridgehead atoms. The minimum Gasteiger partial charge on any atom is -0.311 e. The molecule has 0 saturated carbocycles. The van der Waals surface area contributed by atoms with Crippen molar-refractivity contribution in [3.63, 3.8) is 0 Å². The lowest BCUT2D eigenvalue weighted by Crippen LogP contribution is -2.03. The molecule has 0 N–H and O–H groups in total. The third-order valence-electron chi connectivity index (χ3n) is 7.33. The van der Waals surface area contributed by atoms with Gasteiger partial charge in [-0.05, 0) is 69.2 Å². The Morgan fingerprint density at radius 2 is 1.18 bits per heavy atom. The van der Waals surface area contributed by atoms with Crippen LogP contribution in [-0.2, 0) is 0 Å². The van der Waals surface area contributed by atoms with Crippen molar-refractivity contribution in [1.82, 2.24) is 9.13 Å². The van der Waals surface area contributed by atoms with Gasteiger partial charge in [-0.1, -0.05) is 65.7 Å². The minimum absolute atomic E-state index is 0.637. The molecule has 182 valence electrons. The Bertz CT molecular complexity index is 1840. The molecule has 0 fully saturated rings. The van der Waals surface area contributed by atoms with E-state index >= 15 is 0 Å². The Morgan fingerprint density at radius 3 is 1.74 bits per heavy atom. The van der Waals surface area contributed by atoms with Crippen LogP contribution in [0.4, 0.5) is 0 Å². The Balaban J connectivity index is 1.74. The van der Waals surface area contributed by atoms with E-state index in [0.717, 1.165) is 52.1 Å². The van der Waals surface area contributed by atoms with E-state index in [-0.39, 0.29) is 0 Å². The molecular weight excluding hydrogens is 464 g/mol. The zero-order valence-corrected chi connectivity index (χ0v) is 21.4. The molecule has 2 aromatic heterocycles. The summed E-state index contributed by atoms with van der Waals surface area (Å²) >= 11 is 0. The predicted molar refractivity (Wildman–Crippen MR) is 154 cm³/mol. The quantitative estimate of drug-likeness (QED) is 0.254. The summed E-state index contributed by atoms with van der Waals surface area (Å²) in [6, 6.07) is 33.2. The van der Waals surface area contributed by atoms with Crippen molar-refractivity contribution in [2.75, 3.05) is 0 Å². The third kappa shape index (κ3) is 3.84. The summed E-state index contributed by atoms with van der Waals surface area (Å²) in [6.45, 7) is 4.24. The monoisotopic (exact) mass is 490 g/mol. The fraction of sp³-hybridized carbons (Fsp3) is 0.118. The van der Waals surface area contributed by atoms with E-state index in [1.807, 2.05) is 48.5 Å². The molecule has 0 unspecified atom stereocenters. The lowest BCUT2D eigenvalue weighted by atomic mass is 10.0. The van der Waals surface area contributed by atoms with Crippen LogP contribution in [0.1, 0.15) is 36.5 Å². The van der Waals surface area contributed by atoms with Crippen molar-refractivity contribution >= 4 is 16.7 Å². The van der Waals surface area contributed by atoms with Crippen LogP contribution < -0.4 is 0 Å². The minimum atomic E-state index is 0.637. The van der Waals surface area contributed by atoms with E-state index in [2.05, 4.69) is 83.7 Å². The predicted octanol–water partition coefficient (Wildman–Crippen LogP) is 8.40. The normalized spacial score (nSPS) is 13.1. The molecule has 6 rings (SSSR count). The molecule has 0 saturated heterocycles. The van der Waals surface area contributed by atoms with Gasteiger partial charge in [-0.3, -0.25) is 0 Å². The van der Waals surface area contributed by atoms with E-state index < -0.39 is 0 Å². The largest absolute Gasteiger partial charge is 0.311 e. The molecule has 4 heteroatoms. The Morgan fingerprint density at radius 1 is 0.632 bits per heavy atom. The fourth-order valence-electron chi connectivity index (χ4n) is 5.36. The highest BCUT2D eigenvalue weighted by atomic mass is 15.1. The maximum atomic E-state index is 9.93. The first-order chi connectivity index (χ1) is 18.6. The summed E-state index contributed by atoms with van der Waals surface area (Å²) < 4.78 is 4.54. The number of hydrogen-bond donors (Lipinski definition) is 0. The molecule has 1 aliphatic rings. The Hall–Kier alpha value is -5.06. The van der Waals surface area contributed by atoms with Crippen LogP contribution in [0.2, 0.25) is 0 Å². The fourth-order valence-corrected chi connectivity index (χ4v) is 5.36. The van der Waals surface area contributed by atoms with Gasteiger partial charge in [0, 0.05) is 22.5 Å². The van der Waals surface area contributed by atoms with Crippen LogP contribution in [0.3, 0.4) is 0 Å². The van der Waals surface area contributed by atoms with E-state index in [1.54, 1.807) is 0 Å². The van der Waals surface area contributed by atoms with Crippen LogP contribution >= 0.6 is 0 Å². The van der Waals surface area contributed by atoms with Gasteiger partial charge in [0.2, 0.25) is 0 Å². The highest BCUT2D eigenvalue weighted by Crippen LogP contribution is 2.41. The van der Waals surface area contributed by atoms with Gasteiger partial charge in [0.1, 0.15) is 0 Å². The maximum absolute atomic E-state index is 9.93. The maximum Gasteiger partial charge on any atom is 0.0998 e. The molecule has 4 nitrogen and oxygen atoms in total. The van der Waals surface area contributed by atoms with Gasteiger partial charge in [-0.15, -0.1) is 0 Å². The molecule has 38 heavy (non-hydrogen) atoms. The second kappa shape index (κ2) is 9.43. The molecule has 1 aliphatic carbocycles. The number of aryl methyl sites for hydroxylation is 1. The number of nitrogens with zero attached hydrogens (tertiary/aromatic N) is 4. The number of benzene rings is 3. The lowest BCUT2D eigenvalue weighted by molar-refractivity contribution is 0.920. The second-order valence-electron chi connectivity index (χ2n) is 9.82. The van der Waals surface area contributed by atoms with Crippen LogP contribution in [0.5, 0.6) is 0 Å². The second-order valence-corrected chi connectivity index (χ2v) is 9.82. The Kier molecular flexibility index (Phi) is 5.79. The number of aromatic nitrogens is 2. The van der Waals surface area contributed by atoms with Gasteiger partial charge in [0.05, 0.1) is 45.7 Å². The molecular formula is C34H26N4. The molecule has 0 radical (unpaired) electrons. The molecule has 2 heterocycles. The smallest absolute Gasteiger partial charge is 0.0998 e. The van der Waals surface area contributed by atoms with E-state index in [1.165, 1.54) is 16.8 Å². The molecule has 0 atom stereocenters. The van der Waals surface area contributed by atoms with Gasteiger partial charge in [0.25, 0.3) is 0 Å². The average Bonchev–Trinajstić information content (AvgIpc) is 3.50. The first kappa shape index (κ1) is 23.3. The summed E-state index contributed by atoms with van der Waals surface area (Å²) in [5.41, 5.74) is 11.9. The van der Waals surface area contributed by atoms with Crippen molar-refractivity contribution in [2.45, 2.75) is 26.7 Å². The molecule has 0 amide bonds. The summed E-state index contributed by atoms with van der Waals surface area (Å²) in [4.78, 5) is 0. The molecule has 5 aromatic rings. The summed E-state index contributed by atoms with van der Waals surface area (Å²) in [7, 11) is 0. The summed E-state index contributed by atoms with van der Waals surface area (Å²) in [5, 5.41) is 19.9. The standard InChI is InChI=1S/C34H26N4/c1-23-11-15-27(16-12-23)37-31(29-9-5-3-7-25(29)21-35)19-34-33(37)20-32(30-10-6-4-8-26(30)22-36)38(34)28-17-13-24(2)14-18-28/h3-13,15-17,19-20H,14,18H2,1-2H3. The first-order valence-electron chi connectivity index (χ1n) is 12.8. The SMILES string of the molecule is CC1=CC=C(n2c(-c3ccccc3C#N)cc3c2cc(-c2ccccc2C#N)n3-c2ccc(C)cc2)CC1. The summed E-state index contributed by atoms with van der Waals surface area (Å²) in [6.07, 6.45) is 6.29. The van der Waals surface area contributed by atoms with Gasteiger partial charge in [0.15, 0.2) is 0 Å². The summed E-state index contributed by atoms with van der Waals surface area (Å²) in [5.74, 6) is 0. The highest BCUT2D eigenvalue weighted by molar-refractivity contribution is 5.96. The zero-order valence-electron chi connectivity index (χ0n) is 21.4. The number of fused-ring (bicyclic) bond motifs is 1. The van der Waals surface area contributed by atoms with E-state index in [4.69, 9.17) is 0 Å². The number of nitriles is 2. The average molecular weight is 491 g/mol. The zero-order chi connectivity index (χ0) is 26.2. The van der Waals surface area contributed by atoms with Crippen LogP contribution in [-0.4, -0.2) is 9.13 Å². The number of rotatable bonds is 4. The molecule has 3 aromatic carbocycles. The molecule has 0 spiro atoms. The molecule has 0 aliphatic heterocycles. The van der Waals surface area contributed by atoms with Gasteiger partial charge >= 0.3 is 0 Å².